The minimum absolute atomic E-state index is 0.148. The molecule has 0 aliphatic heterocycles. The standard InChI is InChI=1S/C13H14FN3O3/c1-3-20-7-12-16-15-8(2)17(12)11-5-4-9(14)6-10(11)13(18)19/h4-6H,3,7H2,1-2H3,(H,18,19). The minimum Gasteiger partial charge on any atom is -0.478 e. The molecule has 20 heavy (non-hydrogen) atoms. The number of rotatable bonds is 5. The van der Waals surface area contributed by atoms with Gasteiger partial charge in [-0.1, -0.05) is 0 Å². The van der Waals surface area contributed by atoms with E-state index in [4.69, 9.17) is 4.74 Å². The van der Waals surface area contributed by atoms with Gasteiger partial charge in [-0.25, -0.2) is 9.18 Å². The molecule has 1 aromatic carbocycles. The van der Waals surface area contributed by atoms with Gasteiger partial charge < -0.3 is 9.84 Å². The second kappa shape index (κ2) is 5.79. The molecule has 0 saturated carbocycles. The third-order valence-electron chi connectivity index (χ3n) is 2.76. The molecule has 0 atom stereocenters. The van der Waals surface area contributed by atoms with E-state index in [2.05, 4.69) is 10.2 Å². The van der Waals surface area contributed by atoms with Crippen molar-refractivity contribution < 1.29 is 19.0 Å². The fourth-order valence-corrected chi connectivity index (χ4v) is 1.88. The lowest BCUT2D eigenvalue weighted by molar-refractivity contribution is 0.0696. The van der Waals surface area contributed by atoms with E-state index in [-0.39, 0.29) is 12.2 Å². The monoisotopic (exact) mass is 279 g/mol. The molecule has 0 unspecified atom stereocenters. The Bertz CT molecular complexity index is 640. The van der Waals surface area contributed by atoms with Crippen LogP contribution < -0.4 is 0 Å². The number of aromatic nitrogens is 3. The molecule has 2 rings (SSSR count). The predicted octanol–water partition coefficient (Wildman–Crippen LogP) is 1.95. The molecule has 6 nitrogen and oxygen atoms in total. The first-order chi connectivity index (χ1) is 9.54. The van der Waals surface area contributed by atoms with E-state index in [1.807, 2.05) is 6.92 Å². The maximum absolute atomic E-state index is 13.2. The molecular weight excluding hydrogens is 265 g/mol. The van der Waals surface area contributed by atoms with Crippen LogP contribution in [0.25, 0.3) is 5.69 Å². The number of ether oxygens (including phenoxy) is 1. The summed E-state index contributed by atoms with van der Waals surface area (Å²) in [5, 5.41) is 17.1. The van der Waals surface area contributed by atoms with Crippen LogP contribution in [-0.4, -0.2) is 32.4 Å². The first-order valence-corrected chi connectivity index (χ1v) is 6.06. The summed E-state index contributed by atoms with van der Waals surface area (Å²) in [7, 11) is 0. The molecule has 0 aliphatic rings. The quantitative estimate of drug-likeness (QED) is 0.905. The Balaban J connectivity index is 2.56. The highest BCUT2D eigenvalue weighted by molar-refractivity contribution is 5.92. The van der Waals surface area contributed by atoms with Gasteiger partial charge in [-0.2, -0.15) is 0 Å². The third-order valence-corrected chi connectivity index (χ3v) is 2.76. The first kappa shape index (κ1) is 14.1. The highest BCUT2D eigenvalue weighted by Gasteiger charge is 2.18. The summed E-state index contributed by atoms with van der Waals surface area (Å²) in [6.45, 7) is 4.24. The van der Waals surface area contributed by atoms with Crippen molar-refractivity contribution in [2.45, 2.75) is 20.5 Å². The summed E-state index contributed by atoms with van der Waals surface area (Å²) in [6, 6.07) is 3.57. The molecule has 1 aromatic heterocycles. The van der Waals surface area contributed by atoms with E-state index in [1.165, 1.54) is 12.1 Å². The van der Waals surface area contributed by atoms with Gasteiger partial charge in [0.15, 0.2) is 5.82 Å². The van der Waals surface area contributed by atoms with Crippen molar-refractivity contribution in [3.05, 3.63) is 41.2 Å². The lowest BCUT2D eigenvalue weighted by Gasteiger charge is -2.11. The normalized spacial score (nSPS) is 10.8. The Labute approximate surface area is 114 Å². The molecule has 1 heterocycles. The smallest absolute Gasteiger partial charge is 0.337 e. The van der Waals surface area contributed by atoms with E-state index in [0.717, 1.165) is 6.07 Å². The van der Waals surface area contributed by atoms with Gasteiger partial charge in [-0.05, 0) is 32.0 Å². The number of aromatic carboxylic acids is 1. The molecule has 7 heteroatoms. The fourth-order valence-electron chi connectivity index (χ4n) is 1.88. The zero-order valence-electron chi connectivity index (χ0n) is 11.1. The Morgan fingerprint density at radius 1 is 1.45 bits per heavy atom. The van der Waals surface area contributed by atoms with Gasteiger partial charge in [-0.3, -0.25) is 4.57 Å². The van der Waals surface area contributed by atoms with Crippen LogP contribution in [0.2, 0.25) is 0 Å². The number of hydrogen-bond donors (Lipinski definition) is 1. The SMILES string of the molecule is CCOCc1nnc(C)n1-c1ccc(F)cc1C(=O)O. The molecule has 0 bridgehead atoms. The van der Waals surface area contributed by atoms with Crippen LogP contribution in [0, 0.1) is 12.7 Å². The topological polar surface area (TPSA) is 77.2 Å². The van der Waals surface area contributed by atoms with Crippen molar-refractivity contribution in [2.75, 3.05) is 6.61 Å². The number of nitrogens with zero attached hydrogens (tertiary/aromatic N) is 3. The van der Waals surface area contributed by atoms with Crippen LogP contribution in [0.15, 0.2) is 18.2 Å². The summed E-state index contributed by atoms with van der Waals surface area (Å²) in [5.74, 6) is -0.842. The van der Waals surface area contributed by atoms with E-state index < -0.39 is 11.8 Å². The van der Waals surface area contributed by atoms with Gasteiger partial charge in [0.25, 0.3) is 0 Å². The average Bonchev–Trinajstić information content (AvgIpc) is 2.77. The fraction of sp³-hybridized carbons (Fsp3) is 0.308. The summed E-state index contributed by atoms with van der Waals surface area (Å²) >= 11 is 0. The summed E-state index contributed by atoms with van der Waals surface area (Å²) in [5.41, 5.74) is 0.168. The largest absolute Gasteiger partial charge is 0.478 e. The third kappa shape index (κ3) is 2.67. The molecule has 0 radical (unpaired) electrons. The number of aryl methyl sites for hydroxylation is 1. The Kier molecular flexibility index (Phi) is 4.09. The van der Waals surface area contributed by atoms with Gasteiger partial charge in [0.2, 0.25) is 0 Å². The number of halogens is 1. The maximum atomic E-state index is 13.2. The van der Waals surface area contributed by atoms with E-state index >= 15 is 0 Å². The van der Waals surface area contributed by atoms with Crippen molar-refractivity contribution in [3.63, 3.8) is 0 Å². The predicted molar refractivity (Wildman–Crippen MR) is 68.3 cm³/mol. The average molecular weight is 279 g/mol. The number of benzene rings is 1. The van der Waals surface area contributed by atoms with E-state index in [9.17, 15) is 14.3 Å². The van der Waals surface area contributed by atoms with Gasteiger partial charge in [0.1, 0.15) is 18.2 Å². The highest BCUT2D eigenvalue weighted by Crippen LogP contribution is 2.20. The summed E-state index contributed by atoms with van der Waals surface area (Å²) in [4.78, 5) is 11.3. The Hall–Kier alpha value is -2.28. The number of hydrogen-bond acceptors (Lipinski definition) is 4. The zero-order chi connectivity index (χ0) is 14.7. The molecule has 0 amide bonds. The van der Waals surface area contributed by atoms with Crippen LogP contribution in [0.5, 0.6) is 0 Å². The van der Waals surface area contributed by atoms with Crippen LogP contribution in [-0.2, 0) is 11.3 Å². The summed E-state index contributed by atoms with van der Waals surface area (Å²) in [6.07, 6.45) is 0. The van der Waals surface area contributed by atoms with Gasteiger partial charge >= 0.3 is 5.97 Å². The van der Waals surface area contributed by atoms with Crippen molar-refractivity contribution in [3.8, 4) is 5.69 Å². The zero-order valence-corrected chi connectivity index (χ0v) is 11.1. The Morgan fingerprint density at radius 2 is 2.20 bits per heavy atom. The molecule has 0 spiro atoms. The molecule has 0 fully saturated rings. The van der Waals surface area contributed by atoms with Crippen molar-refractivity contribution in [2.24, 2.45) is 0 Å². The second-order valence-corrected chi connectivity index (χ2v) is 4.10. The lowest BCUT2D eigenvalue weighted by atomic mass is 10.1. The number of carboxylic acid groups (broad SMARTS) is 1. The van der Waals surface area contributed by atoms with Crippen LogP contribution >= 0.6 is 0 Å². The Morgan fingerprint density at radius 3 is 2.85 bits per heavy atom. The number of carbonyl (C=O) groups is 1. The minimum atomic E-state index is -1.21. The molecule has 0 aliphatic carbocycles. The van der Waals surface area contributed by atoms with Gasteiger partial charge in [-0.15, -0.1) is 10.2 Å². The molecule has 2 aromatic rings. The lowest BCUT2D eigenvalue weighted by Crippen LogP contribution is -2.11. The molecule has 106 valence electrons. The number of carboxylic acids is 1. The van der Waals surface area contributed by atoms with Crippen LogP contribution in [0.1, 0.15) is 28.9 Å². The molecule has 0 saturated heterocycles. The van der Waals surface area contributed by atoms with Crippen molar-refractivity contribution in [1.82, 2.24) is 14.8 Å². The second-order valence-electron chi connectivity index (χ2n) is 4.10. The van der Waals surface area contributed by atoms with E-state index in [1.54, 1.807) is 11.5 Å². The van der Waals surface area contributed by atoms with Crippen molar-refractivity contribution in [1.29, 1.82) is 0 Å². The molecular formula is C13H14FN3O3. The summed E-state index contributed by atoms with van der Waals surface area (Å²) < 4.78 is 20.1. The molecule has 1 N–H and O–H groups in total. The maximum Gasteiger partial charge on any atom is 0.337 e. The van der Waals surface area contributed by atoms with Gasteiger partial charge in [0, 0.05) is 6.61 Å². The van der Waals surface area contributed by atoms with Crippen molar-refractivity contribution >= 4 is 5.97 Å². The first-order valence-electron chi connectivity index (χ1n) is 6.06. The van der Waals surface area contributed by atoms with Crippen LogP contribution in [0.3, 0.4) is 0 Å². The van der Waals surface area contributed by atoms with Crippen LogP contribution in [0.4, 0.5) is 4.39 Å². The van der Waals surface area contributed by atoms with E-state index in [0.29, 0.717) is 23.9 Å². The van der Waals surface area contributed by atoms with Gasteiger partial charge in [0.05, 0.1) is 11.3 Å². The highest BCUT2D eigenvalue weighted by atomic mass is 19.1.